The summed E-state index contributed by atoms with van der Waals surface area (Å²) >= 11 is -1.85. The number of hydrogen-bond donors (Lipinski definition) is 1. The highest BCUT2D eigenvalue weighted by Crippen LogP contribution is 2.35. The van der Waals surface area contributed by atoms with Gasteiger partial charge in [-0.2, -0.15) is 0 Å². The lowest BCUT2D eigenvalue weighted by Crippen LogP contribution is -2.06. The molecule has 2 atom stereocenters. The number of rotatable bonds is 1. The van der Waals surface area contributed by atoms with Crippen LogP contribution < -0.4 is 0 Å². The fourth-order valence-corrected chi connectivity index (χ4v) is 2.87. The van der Waals surface area contributed by atoms with Crippen LogP contribution in [0.5, 0.6) is 0 Å². The Morgan fingerprint density at radius 3 is 2.62 bits per heavy atom. The first-order valence-electron chi connectivity index (χ1n) is 5.07. The van der Waals surface area contributed by atoms with E-state index in [9.17, 15) is 8.76 Å². The van der Waals surface area contributed by atoms with Gasteiger partial charge in [-0.1, -0.05) is 48.6 Å². The normalized spacial score (nSPS) is 19.9. The maximum atomic E-state index is 11.3. The molecule has 2 nitrogen and oxygen atoms in total. The van der Waals surface area contributed by atoms with Crippen molar-refractivity contribution in [2.75, 3.05) is 0 Å². The molecule has 2 unspecified atom stereocenters. The van der Waals surface area contributed by atoms with Crippen LogP contribution in [0.2, 0.25) is 0 Å². The molecule has 0 radical (unpaired) electrons. The van der Waals surface area contributed by atoms with E-state index in [1.807, 2.05) is 42.5 Å². The summed E-state index contributed by atoms with van der Waals surface area (Å²) in [4.78, 5) is 0. The lowest BCUT2D eigenvalue weighted by molar-refractivity contribution is 0.558. The predicted molar refractivity (Wildman–Crippen MR) is 66.5 cm³/mol. The topological polar surface area (TPSA) is 37.3 Å². The zero-order valence-electron chi connectivity index (χ0n) is 8.46. The van der Waals surface area contributed by atoms with Crippen LogP contribution in [0.3, 0.4) is 0 Å². The maximum absolute atomic E-state index is 11.3. The van der Waals surface area contributed by atoms with Gasteiger partial charge in [0.15, 0.2) is 11.1 Å². The second-order valence-electron chi connectivity index (χ2n) is 3.85. The molecule has 0 amide bonds. The quantitative estimate of drug-likeness (QED) is 0.764. The highest BCUT2D eigenvalue weighted by molar-refractivity contribution is 7.79. The molecule has 1 aliphatic carbocycles. The van der Waals surface area contributed by atoms with Gasteiger partial charge >= 0.3 is 0 Å². The Hall–Kier alpha value is -1.45. The Bertz CT molecular complexity index is 611. The summed E-state index contributed by atoms with van der Waals surface area (Å²) in [7, 11) is 0. The van der Waals surface area contributed by atoms with Crippen molar-refractivity contribution in [1.82, 2.24) is 0 Å². The summed E-state index contributed by atoms with van der Waals surface area (Å²) in [6, 6.07) is 11.9. The van der Waals surface area contributed by atoms with Crippen LogP contribution in [0.1, 0.15) is 16.4 Å². The maximum Gasteiger partial charge on any atom is 0.164 e. The summed E-state index contributed by atoms with van der Waals surface area (Å²) in [6.45, 7) is 0. The van der Waals surface area contributed by atoms with Gasteiger partial charge in [0, 0.05) is 0 Å². The predicted octanol–water partition coefficient (Wildman–Crippen LogP) is 3.13. The third kappa shape index (κ3) is 1.32. The van der Waals surface area contributed by atoms with Gasteiger partial charge in [0.1, 0.15) is 5.25 Å². The summed E-state index contributed by atoms with van der Waals surface area (Å²) in [6.07, 6.45) is 3.72. The molecular formula is C13H10O2S. The van der Waals surface area contributed by atoms with Crippen LogP contribution in [0.25, 0.3) is 16.8 Å². The molecule has 3 heteroatoms. The molecule has 0 spiro atoms. The first kappa shape index (κ1) is 9.75. The van der Waals surface area contributed by atoms with Gasteiger partial charge in [-0.05, 0) is 21.9 Å². The molecule has 0 aliphatic heterocycles. The molecule has 2 aromatic carbocycles. The largest absolute Gasteiger partial charge is 0.305 e. The highest BCUT2D eigenvalue weighted by atomic mass is 32.2. The van der Waals surface area contributed by atoms with Gasteiger partial charge in [0.2, 0.25) is 0 Å². The van der Waals surface area contributed by atoms with Crippen molar-refractivity contribution < 1.29 is 8.76 Å². The van der Waals surface area contributed by atoms with E-state index in [4.69, 9.17) is 0 Å². The summed E-state index contributed by atoms with van der Waals surface area (Å²) in [5.74, 6) is 0. The lowest BCUT2D eigenvalue weighted by atomic mass is 9.93. The molecule has 1 N–H and O–H groups in total. The van der Waals surface area contributed by atoms with E-state index in [2.05, 4.69) is 0 Å². The molecule has 0 fully saturated rings. The van der Waals surface area contributed by atoms with Crippen molar-refractivity contribution in [1.29, 1.82) is 0 Å². The van der Waals surface area contributed by atoms with Gasteiger partial charge in [0.25, 0.3) is 0 Å². The zero-order chi connectivity index (χ0) is 11.1. The van der Waals surface area contributed by atoms with Crippen molar-refractivity contribution in [3.8, 4) is 0 Å². The molecule has 16 heavy (non-hydrogen) atoms. The molecule has 0 aromatic heterocycles. The van der Waals surface area contributed by atoms with Crippen LogP contribution in [0.4, 0.5) is 0 Å². The molecule has 0 saturated carbocycles. The van der Waals surface area contributed by atoms with Crippen LogP contribution in [0, 0.1) is 0 Å². The second kappa shape index (κ2) is 3.54. The Balaban J connectivity index is 2.40. The first-order valence-corrected chi connectivity index (χ1v) is 6.24. The van der Waals surface area contributed by atoms with Crippen molar-refractivity contribution in [2.45, 2.75) is 5.25 Å². The smallest absolute Gasteiger partial charge is 0.164 e. The monoisotopic (exact) mass is 230 g/mol. The van der Waals surface area contributed by atoms with E-state index in [0.29, 0.717) is 0 Å². The molecule has 3 rings (SSSR count). The SMILES string of the molecule is O=S(O)C1C=Cc2cccc3cccc1c23. The molecule has 0 saturated heterocycles. The average molecular weight is 230 g/mol. The van der Waals surface area contributed by atoms with Crippen LogP contribution >= 0.6 is 0 Å². The lowest BCUT2D eigenvalue weighted by Gasteiger charge is -2.18. The van der Waals surface area contributed by atoms with E-state index < -0.39 is 16.3 Å². The summed E-state index contributed by atoms with van der Waals surface area (Å²) in [5.41, 5.74) is 2.06. The standard InChI is InChI=1S/C13H10O2S/c14-16(15)12-8-7-10-4-1-3-9-5-2-6-11(12)13(9)10/h1-8,12H,(H,14,15). The van der Waals surface area contributed by atoms with Crippen molar-refractivity contribution in [3.05, 3.63) is 53.6 Å². The van der Waals surface area contributed by atoms with Gasteiger partial charge in [-0.3, -0.25) is 0 Å². The minimum absolute atomic E-state index is 0.404. The highest BCUT2D eigenvalue weighted by Gasteiger charge is 2.21. The third-order valence-electron chi connectivity index (χ3n) is 2.94. The Labute approximate surface area is 95.9 Å². The first-order chi connectivity index (χ1) is 7.77. The number of benzene rings is 2. The van der Waals surface area contributed by atoms with Gasteiger partial charge in [0.05, 0.1) is 0 Å². The third-order valence-corrected chi connectivity index (χ3v) is 3.79. The van der Waals surface area contributed by atoms with Gasteiger partial charge < -0.3 is 4.55 Å². The minimum atomic E-state index is -1.85. The molecule has 2 aromatic rings. The molecule has 1 aliphatic rings. The van der Waals surface area contributed by atoms with Crippen LogP contribution in [0.15, 0.2) is 42.5 Å². The van der Waals surface area contributed by atoms with Gasteiger partial charge in [-0.15, -0.1) is 0 Å². The Kier molecular flexibility index (Phi) is 2.16. The average Bonchev–Trinajstić information content (AvgIpc) is 2.30. The molecule has 0 bridgehead atoms. The second-order valence-corrected chi connectivity index (χ2v) is 4.91. The molecule has 80 valence electrons. The summed E-state index contributed by atoms with van der Waals surface area (Å²) < 4.78 is 20.5. The van der Waals surface area contributed by atoms with Gasteiger partial charge in [-0.25, -0.2) is 4.21 Å². The van der Waals surface area contributed by atoms with E-state index in [0.717, 1.165) is 21.9 Å². The Morgan fingerprint density at radius 1 is 1.12 bits per heavy atom. The van der Waals surface area contributed by atoms with E-state index in [1.165, 1.54) is 0 Å². The minimum Gasteiger partial charge on any atom is -0.305 e. The fourth-order valence-electron chi connectivity index (χ4n) is 2.25. The van der Waals surface area contributed by atoms with E-state index in [-0.39, 0.29) is 0 Å². The molecular weight excluding hydrogens is 220 g/mol. The fraction of sp³-hybridized carbons (Fsp3) is 0.0769. The van der Waals surface area contributed by atoms with E-state index >= 15 is 0 Å². The Morgan fingerprint density at radius 2 is 1.88 bits per heavy atom. The van der Waals surface area contributed by atoms with Crippen molar-refractivity contribution in [2.24, 2.45) is 0 Å². The van der Waals surface area contributed by atoms with Crippen molar-refractivity contribution >= 4 is 27.9 Å². The zero-order valence-corrected chi connectivity index (χ0v) is 9.28. The molecule has 0 heterocycles. The van der Waals surface area contributed by atoms with Crippen LogP contribution in [-0.2, 0) is 11.1 Å². The van der Waals surface area contributed by atoms with Crippen molar-refractivity contribution in [3.63, 3.8) is 0 Å². The van der Waals surface area contributed by atoms with E-state index in [1.54, 1.807) is 6.08 Å². The van der Waals surface area contributed by atoms with Crippen LogP contribution in [-0.4, -0.2) is 8.76 Å². The number of hydrogen-bond acceptors (Lipinski definition) is 1. The summed E-state index contributed by atoms with van der Waals surface area (Å²) in [5, 5.41) is 1.81.